The van der Waals surface area contributed by atoms with Crippen molar-refractivity contribution in [3.8, 4) is 0 Å². The molecule has 2 aromatic rings. The number of aliphatic hydroxyl groups is 1. The summed E-state index contributed by atoms with van der Waals surface area (Å²) in [4.78, 5) is 24.2. The molecule has 2 amide bonds. The second-order valence-corrected chi connectivity index (χ2v) is 7.52. The average Bonchev–Trinajstić information content (AvgIpc) is 3.20. The number of carbonyl (C=O) groups is 2. The fraction of sp³-hybridized carbons (Fsp3) is 0.455. The molecule has 3 N–H and O–H groups in total. The molecule has 1 fully saturated rings. The van der Waals surface area contributed by atoms with E-state index in [1.54, 1.807) is 0 Å². The van der Waals surface area contributed by atoms with Crippen LogP contribution in [-0.2, 0) is 9.59 Å². The van der Waals surface area contributed by atoms with E-state index in [0.717, 1.165) is 42.0 Å². The van der Waals surface area contributed by atoms with E-state index < -0.39 is 6.10 Å². The Balaban J connectivity index is 1.45. The molecule has 1 saturated carbocycles. The smallest absolute Gasteiger partial charge is 0.223 e. The zero-order valence-corrected chi connectivity index (χ0v) is 15.8. The Morgan fingerprint density at radius 3 is 2.56 bits per heavy atom. The molecule has 0 saturated heterocycles. The maximum absolute atomic E-state index is 12.1. The minimum Gasteiger partial charge on any atom is -0.387 e. The summed E-state index contributed by atoms with van der Waals surface area (Å²) in [6.07, 6.45) is 3.56. The predicted octanol–water partition coefficient (Wildman–Crippen LogP) is 3.07. The molecule has 0 aliphatic heterocycles. The molecular formula is C22H28N2O3. The highest BCUT2D eigenvalue weighted by molar-refractivity contribution is 5.83. The molecule has 2 unspecified atom stereocenters. The lowest BCUT2D eigenvalue weighted by atomic mass is 10.0. The first kappa shape index (κ1) is 19.4. The van der Waals surface area contributed by atoms with Crippen LogP contribution < -0.4 is 10.6 Å². The zero-order valence-electron chi connectivity index (χ0n) is 15.8. The summed E-state index contributed by atoms with van der Waals surface area (Å²) < 4.78 is 0. The molecule has 2 aromatic carbocycles. The van der Waals surface area contributed by atoms with Crippen LogP contribution in [0.5, 0.6) is 0 Å². The highest BCUT2D eigenvalue weighted by Gasteiger charge is 2.24. The standard InChI is InChI=1S/C22H28N2O3/c1-15(24-22(27)17-7-3-4-8-17)12-21(26)23-14-20(25)19-11-10-16-6-2-5-9-18(16)13-19/h2,5-6,9-11,13,15,17,20,25H,3-4,7-8,12,14H2,1H3,(H,23,26)(H,24,27). The number of benzene rings is 2. The van der Waals surface area contributed by atoms with Gasteiger partial charge in [-0.25, -0.2) is 0 Å². The maximum atomic E-state index is 12.1. The van der Waals surface area contributed by atoms with Crippen LogP contribution in [0.15, 0.2) is 42.5 Å². The molecule has 0 aromatic heterocycles. The summed E-state index contributed by atoms with van der Waals surface area (Å²) in [5.41, 5.74) is 0.775. The number of hydrogen-bond acceptors (Lipinski definition) is 3. The van der Waals surface area contributed by atoms with E-state index in [9.17, 15) is 14.7 Å². The van der Waals surface area contributed by atoms with Gasteiger partial charge >= 0.3 is 0 Å². The Kier molecular flexibility index (Phi) is 6.45. The largest absolute Gasteiger partial charge is 0.387 e. The van der Waals surface area contributed by atoms with E-state index in [1.807, 2.05) is 49.4 Å². The van der Waals surface area contributed by atoms with Crippen LogP contribution in [0, 0.1) is 5.92 Å². The van der Waals surface area contributed by atoms with Gasteiger partial charge in [-0.3, -0.25) is 9.59 Å². The number of hydrogen-bond donors (Lipinski definition) is 3. The first-order chi connectivity index (χ1) is 13.0. The zero-order chi connectivity index (χ0) is 19.2. The van der Waals surface area contributed by atoms with Crippen molar-refractivity contribution in [3.05, 3.63) is 48.0 Å². The molecule has 5 nitrogen and oxygen atoms in total. The number of carbonyl (C=O) groups excluding carboxylic acids is 2. The molecule has 2 atom stereocenters. The lowest BCUT2D eigenvalue weighted by Gasteiger charge is -2.18. The summed E-state index contributed by atoms with van der Waals surface area (Å²) >= 11 is 0. The third kappa shape index (κ3) is 5.30. The topological polar surface area (TPSA) is 78.4 Å². The van der Waals surface area contributed by atoms with Crippen LogP contribution in [0.3, 0.4) is 0 Å². The van der Waals surface area contributed by atoms with Crippen molar-refractivity contribution < 1.29 is 14.7 Å². The van der Waals surface area contributed by atoms with E-state index in [1.165, 1.54) is 0 Å². The van der Waals surface area contributed by atoms with E-state index in [4.69, 9.17) is 0 Å². The first-order valence-electron chi connectivity index (χ1n) is 9.77. The second-order valence-electron chi connectivity index (χ2n) is 7.52. The molecule has 0 spiro atoms. The van der Waals surface area contributed by atoms with E-state index in [0.29, 0.717) is 0 Å². The molecule has 0 radical (unpaired) electrons. The Morgan fingerprint density at radius 2 is 1.81 bits per heavy atom. The molecular weight excluding hydrogens is 340 g/mol. The third-order valence-corrected chi connectivity index (χ3v) is 5.26. The van der Waals surface area contributed by atoms with Crippen LogP contribution >= 0.6 is 0 Å². The van der Waals surface area contributed by atoms with Crippen LogP contribution in [0.25, 0.3) is 10.8 Å². The second kappa shape index (κ2) is 9.00. The van der Waals surface area contributed by atoms with Gasteiger partial charge in [-0.15, -0.1) is 0 Å². The molecule has 5 heteroatoms. The lowest BCUT2D eigenvalue weighted by Crippen LogP contribution is -2.40. The van der Waals surface area contributed by atoms with Crippen molar-refractivity contribution in [2.24, 2.45) is 5.92 Å². The van der Waals surface area contributed by atoms with Crippen molar-refractivity contribution in [1.29, 1.82) is 0 Å². The fourth-order valence-corrected chi connectivity index (χ4v) is 3.69. The Labute approximate surface area is 160 Å². The fourth-order valence-electron chi connectivity index (χ4n) is 3.69. The number of amides is 2. The minimum absolute atomic E-state index is 0.0593. The molecule has 0 bridgehead atoms. The first-order valence-corrected chi connectivity index (χ1v) is 9.77. The monoisotopic (exact) mass is 368 g/mol. The number of nitrogens with one attached hydrogen (secondary N) is 2. The van der Waals surface area contributed by atoms with E-state index >= 15 is 0 Å². The Hall–Kier alpha value is -2.40. The quantitative estimate of drug-likeness (QED) is 0.703. The number of rotatable bonds is 7. The SMILES string of the molecule is CC(CC(=O)NCC(O)c1ccc2ccccc2c1)NC(=O)C1CCCC1. The molecule has 0 heterocycles. The number of aliphatic hydroxyl groups excluding tert-OH is 1. The van der Waals surface area contributed by atoms with Gasteiger partial charge in [0.05, 0.1) is 6.10 Å². The molecule has 1 aliphatic rings. The van der Waals surface area contributed by atoms with Gasteiger partial charge in [0, 0.05) is 24.9 Å². The van der Waals surface area contributed by atoms with Gasteiger partial charge in [0.15, 0.2) is 0 Å². The van der Waals surface area contributed by atoms with Gasteiger partial charge in [0.1, 0.15) is 0 Å². The minimum atomic E-state index is -0.762. The van der Waals surface area contributed by atoms with Crippen molar-refractivity contribution in [3.63, 3.8) is 0 Å². The summed E-state index contributed by atoms with van der Waals surface area (Å²) in [6, 6.07) is 13.5. The van der Waals surface area contributed by atoms with E-state index in [2.05, 4.69) is 10.6 Å². The Morgan fingerprint density at radius 1 is 1.11 bits per heavy atom. The maximum Gasteiger partial charge on any atom is 0.223 e. The van der Waals surface area contributed by atoms with Crippen molar-refractivity contribution in [1.82, 2.24) is 10.6 Å². The lowest BCUT2D eigenvalue weighted by molar-refractivity contribution is -0.126. The van der Waals surface area contributed by atoms with Gasteiger partial charge in [-0.2, -0.15) is 0 Å². The normalized spacial score (nSPS) is 16.8. The van der Waals surface area contributed by atoms with Crippen LogP contribution in [-0.4, -0.2) is 29.5 Å². The summed E-state index contributed by atoms with van der Waals surface area (Å²) in [6.45, 7) is 1.99. The summed E-state index contributed by atoms with van der Waals surface area (Å²) in [5, 5.41) is 18.2. The van der Waals surface area contributed by atoms with Gasteiger partial charge in [-0.1, -0.05) is 49.2 Å². The molecule has 144 valence electrons. The highest BCUT2D eigenvalue weighted by Crippen LogP contribution is 2.25. The van der Waals surface area contributed by atoms with Crippen molar-refractivity contribution >= 4 is 22.6 Å². The van der Waals surface area contributed by atoms with Crippen LogP contribution in [0.2, 0.25) is 0 Å². The van der Waals surface area contributed by atoms with Gasteiger partial charge in [0.2, 0.25) is 11.8 Å². The van der Waals surface area contributed by atoms with Crippen molar-refractivity contribution in [2.75, 3.05) is 6.54 Å². The van der Waals surface area contributed by atoms with E-state index in [-0.39, 0.29) is 36.7 Å². The highest BCUT2D eigenvalue weighted by atomic mass is 16.3. The number of fused-ring (bicyclic) bond motifs is 1. The van der Waals surface area contributed by atoms with Gasteiger partial charge < -0.3 is 15.7 Å². The van der Waals surface area contributed by atoms with Crippen LogP contribution in [0.1, 0.15) is 50.7 Å². The van der Waals surface area contributed by atoms with Crippen molar-refractivity contribution in [2.45, 2.75) is 51.2 Å². The average molecular weight is 368 g/mol. The Bertz CT molecular complexity index is 799. The molecule has 1 aliphatic carbocycles. The summed E-state index contributed by atoms with van der Waals surface area (Å²) in [7, 11) is 0. The third-order valence-electron chi connectivity index (χ3n) is 5.26. The van der Waals surface area contributed by atoms with Gasteiger partial charge in [0.25, 0.3) is 0 Å². The van der Waals surface area contributed by atoms with Gasteiger partial charge in [-0.05, 0) is 42.2 Å². The molecule has 3 rings (SSSR count). The van der Waals surface area contributed by atoms with Crippen LogP contribution in [0.4, 0.5) is 0 Å². The molecule has 27 heavy (non-hydrogen) atoms. The summed E-state index contributed by atoms with van der Waals surface area (Å²) in [5.74, 6) is -0.0108. The predicted molar refractivity (Wildman–Crippen MR) is 106 cm³/mol.